The number of sulfonamides is 1. The molecule has 0 atom stereocenters. The predicted molar refractivity (Wildman–Crippen MR) is 103 cm³/mol. The first-order chi connectivity index (χ1) is 12.3. The van der Waals surface area contributed by atoms with Gasteiger partial charge in [-0.05, 0) is 56.9 Å². The van der Waals surface area contributed by atoms with Crippen molar-refractivity contribution in [3.05, 3.63) is 46.4 Å². The summed E-state index contributed by atoms with van der Waals surface area (Å²) in [6, 6.07) is 7.01. The molecule has 7 heteroatoms. The van der Waals surface area contributed by atoms with Gasteiger partial charge in [0, 0.05) is 28.6 Å². The maximum atomic E-state index is 11.7. The van der Waals surface area contributed by atoms with E-state index in [2.05, 4.69) is 9.71 Å². The molecule has 0 bridgehead atoms. The standard InChI is InChI=1S/C19H24N2O4S/c1-13-10-14(12-20-19(13)22)17-11-15(21-26(2,23)24)8-9-18(17)25-16-6-4-3-5-7-16/h8-12,16,21H,3-7H2,1-2H3,(H,20,22). The molecule has 6 nitrogen and oxygen atoms in total. The van der Waals surface area contributed by atoms with Crippen LogP contribution in [0.2, 0.25) is 0 Å². The average Bonchev–Trinajstić information content (AvgIpc) is 2.58. The molecule has 1 aromatic carbocycles. The minimum atomic E-state index is -3.38. The van der Waals surface area contributed by atoms with Crippen molar-refractivity contribution >= 4 is 15.7 Å². The molecule has 0 unspecified atom stereocenters. The summed E-state index contributed by atoms with van der Waals surface area (Å²) in [5.41, 5.74) is 2.44. The third-order valence-electron chi connectivity index (χ3n) is 4.53. The molecule has 1 aromatic heterocycles. The molecule has 2 N–H and O–H groups in total. The Hall–Kier alpha value is -2.28. The molecule has 0 amide bonds. The van der Waals surface area contributed by atoms with Gasteiger partial charge < -0.3 is 9.72 Å². The van der Waals surface area contributed by atoms with Crippen LogP contribution >= 0.6 is 0 Å². The maximum absolute atomic E-state index is 11.7. The van der Waals surface area contributed by atoms with Crippen LogP contribution in [0, 0.1) is 6.92 Å². The highest BCUT2D eigenvalue weighted by Gasteiger charge is 2.18. The molecule has 26 heavy (non-hydrogen) atoms. The van der Waals surface area contributed by atoms with Gasteiger partial charge in [-0.15, -0.1) is 0 Å². The Kier molecular flexibility index (Phi) is 5.36. The second-order valence-corrected chi connectivity index (χ2v) is 8.61. The Balaban J connectivity index is 2.01. The highest BCUT2D eigenvalue weighted by Crippen LogP contribution is 2.35. The molecule has 1 heterocycles. The Morgan fingerprint density at radius 1 is 1.15 bits per heavy atom. The van der Waals surface area contributed by atoms with Gasteiger partial charge in [-0.1, -0.05) is 6.42 Å². The van der Waals surface area contributed by atoms with Crippen LogP contribution in [-0.4, -0.2) is 25.8 Å². The van der Waals surface area contributed by atoms with Gasteiger partial charge in [0.2, 0.25) is 10.0 Å². The van der Waals surface area contributed by atoms with E-state index in [1.807, 2.05) is 0 Å². The summed E-state index contributed by atoms with van der Waals surface area (Å²) in [4.78, 5) is 14.4. The zero-order valence-corrected chi connectivity index (χ0v) is 15.9. The SMILES string of the molecule is Cc1cc(-c2cc(NS(C)(=O)=O)ccc2OC2CCCCC2)c[nH]c1=O. The first-order valence-corrected chi connectivity index (χ1v) is 10.7. The first kappa shape index (κ1) is 18.5. The summed E-state index contributed by atoms with van der Waals surface area (Å²) in [6.45, 7) is 1.74. The summed E-state index contributed by atoms with van der Waals surface area (Å²) >= 11 is 0. The fourth-order valence-corrected chi connectivity index (χ4v) is 3.81. The van der Waals surface area contributed by atoms with Crippen molar-refractivity contribution in [2.75, 3.05) is 11.0 Å². The average molecular weight is 376 g/mol. The van der Waals surface area contributed by atoms with Crippen LogP contribution in [0.4, 0.5) is 5.69 Å². The second-order valence-electron chi connectivity index (χ2n) is 6.86. The molecule has 0 saturated heterocycles. The van der Waals surface area contributed by atoms with Gasteiger partial charge >= 0.3 is 0 Å². The van der Waals surface area contributed by atoms with Crippen molar-refractivity contribution in [2.24, 2.45) is 0 Å². The number of aromatic amines is 1. The Morgan fingerprint density at radius 3 is 2.54 bits per heavy atom. The van der Waals surface area contributed by atoms with Crippen LogP contribution in [0.15, 0.2) is 35.3 Å². The zero-order chi connectivity index (χ0) is 18.7. The van der Waals surface area contributed by atoms with E-state index in [1.165, 1.54) is 6.42 Å². The van der Waals surface area contributed by atoms with E-state index in [-0.39, 0.29) is 11.7 Å². The third kappa shape index (κ3) is 4.66. The lowest BCUT2D eigenvalue weighted by Gasteiger charge is -2.24. The van der Waals surface area contributed by atoms with Gasteiger partial charge in [-0.25, -0.2) is 8.42 Å². The molecule has 3 rings (SSSR count). The lowest BCUT2D eigenvalue weighted by molar-refractivity contribution is 0.156. The summed E-state index contributed by atoms with van der Waals surface area (Å²) in [5, 5.41) is 0. The lowest BCUT2D eigenvalue weighted by Crippen LogP contribution is -2.20. The molecule has 140 valence electrons. The molecular weight excluding hydrogens is 352 g/mol. The number of anilines is 1. The molecule has 1 aliphatic rings. The van der Waals surface area contributed by atoms with Gasteiger partial charge in [0.15, 0.2) is 0 Å². The molecule has 0 spiro atoms. The maximum Gasteiger partial charge on any atom is 0.250 e. The summed E-state index contributed by atoms with van der Waals surface area (Å²) in [5.74, 6) is 0.697. The fraction of sp³-hybridized carbons (Fsp3) is 0.421. The highest BCUT2D eigenvalue weighted by atomic mass is 32.2. The predicted octanol–water partition coefficient (Wildman–Crippen LogP) is 3.43. The van der Waals surface area contributed by atoms with Crippen molar-refractivity contribution in [3.63, 3.8) is 0 Å². The quantitative estimate of drug-likeness (QED) is 0.837. The number of ether oxygens (including phenoxy) is 1. The number of hydrogen-bond donors (Lipinski definition) is 2. The number of hydrogen-bond acceptors (Lipinski definition) is 4. The largest absolute Gasteiger partial charge is 0.490 e. The second kappa shape index (κ2) is 7.53. The Bertz CT molecular complexity index is 944. The Labute approximate surface area is 153 Å². The molecule has 0 radical (unpaired) electrons. The van der Waals surface area contributed by atoms with Gasteiger partial charge in [0.1, 0.15) is 5.75 Å². The highest BCUT2D eigenvalue weighted by molar-refractivity contribution is 7.92. The van der Waals surface area contributed by atoms with Crippen molar-refractivity contribution in [2.45, 2.75) is 45.1 Å². The molecular formula is C19H24N2O4S. The van der Waals surface area contributed by atoms with Crippen molar-refractivity contribution in [3.8, 4) is 16.9 Å². The van der Waals surface area contributed by atoms with E-state index >= 15 is 0 Å². The van der Waals surface area contributed by atoms with Crippen molar-refractivity contribution in [1.29, 1.82) is 0 Å². The smallest absolute Gasteiger partial charge is 0.250 e. The number of pyridine rings is 1. The van der Waals surface area contributed by atoms with Crippen LogP contribution in [0.1, 0.15) is 37.7 Å². The van der Waals surface area contributed by atoms with E-state index in [1.54, 1.807) is 37.4 Å². The molecule has 1 aliphatic carbocycles. The Morgan fingerprint density at radius 2 is 1.88 bits per heavy atom. The summed E-state index contributed by atoms with van der Waals surface area (Å²) in [6.07, 6.45) is 8.51. The minimum absolute atomic E-state index is 0.145. The van der Waals surface area contributed by atoms with Crippen LogP contribution in [-0.2, 0) is 10.0 Å². The number of aromatic nitrogens is 1. The monoisotopic (exact) mass is 376 g/mol. The summed E-state index contributed by atoms with van der Waals surface area (Å²) < 4.78 is 31.8. The van der Waals surface area contributed by atoms with E-state index in [4.69, 9.17) is 4.74 Å². The van der Waals surface area contributed by atoms with Gasteiger partial charge in [0.25, 0.3) is 5.56 Å². The van der Waals surface area contributed by atoms with Gasteiger partial charge in [-0.3, -0.25) is 9.52 Å². The van der Waals surface area contributed by atoms with Crippen LogP contribution < -0.4 is 15.0 Å². The topological polar surface area (TPSA) is 88.3 Å². The molecule has 1 fully saturated rings. The fourth-order valence-electron chi connectivity index (χ4n) is 3.25. The summed E-state index contributed by atoms with van der Waals surface area (Å²) in [7, 11) is -3.38. The van der Waals surface area contributed by atoms with Crippen LogP contribution in [0.3, 0.4) is 0 Å². The molecule has 1 saturated carbocycles. The minimum Gasteiger partial charge on any atom is -0.490 e. The van der Waals surface area contributed by atoms with Crippen molar-refractivity contribution < 1.29 is 13.2 Å². The van der Waals surface area contributed by atoms with E-state index in [0.29, 0.717) is 17.0 Å². The van der Waals surface area contributed by atoms with E-state index < -0.39 is 10.0 Å². The van der Waals surface area contributed by atoms with E-state index in [0.717, 1.165) is 43.1 Å². The number of H-pyrrole nitrogens is 1. The third-order valence-corrected chi connectivity index (χ3v) is 5.14. The zero-order valence-electron chi connectivity index (χ0n) is 15.0. The van der Waals surface area contributed by atoms with Gasteiger partial charge in [-0.2, -0.15) is 0 Å². The number of rotatable bonds is 5. The van der Waals surface area contributed by atoms with E-state index in [9.17, 15) is 13.2 Å². The van der Waals surface area contributed by atoms with Crippen LogP contribution in [0.25, 0.3) is 11.1 Å². The van der Waals surface area contributed by atoms with Gasteiger partial charge in [0.05, 0.1) is 12.4 Å². The normalized spacial score (nSPS) is 15.6. The van der Waals surface area contributed by atoms with Crippen molar-refractivity contribution in [1.82, 2.24) is 4.98 Å². The first-order valence-electron chi connectivity index (χ1n) is 8.80. The number of aryl methyl sites for hydroxylation is 1. The van der Waals surface area contributed by atoms with Crippen LogP contribution in [0.5, 0.6) is 5.75 Å². The number of benzene rings is 1. The molecule has 2 aromatic rings. The number of nitrogens with one attached hydrogen (secondary N) is 2. The lowest BCUT2D eigenvalue weighted by atomic mass is 9.97. The molecule has 0 aliphatic heterocycles.